The summed E-state index contributed by atoms with van der Waals surface area (Å²) in [5.41, 5.74) is 15.6. The van der Waals surface area contributed by atoms with Crippen LogP contribution in [0.5, 0.6) is 0 Å². The summed E-state index contributed by atoms with van der Waals surface area (Å²) < 4.78 is 0. The van der Waals surface area contributed by atoms with Crippen LogP contribution in [0, 0.1) is 0 Å². The SMILES string of the molecule is CSCCC(NC(=O)C(CO)NC(=O)C(N)CCC(N)=O)C(=O)NC(CCC(N)=O)C(=O)O. The van der Waals surface area contributed by atoms with Crippen molar-refractivity contribution in [3.63, 3.8) is 0 Å². The highest BCUT2D eigenvalue weighted by Gasteiger charge is 2.30. The van der Waals surface area contributed by atoms with Gasteiger partial charge in [-0.1, -0.05) is 0 Å². The summed E-state index contributed by atoms with van der Waals surface area (Å²) in [5, 5.41) is 25.6. The molecule has 4 unspecified atom stereocenters. The first-order valence-electron chi connectivity index (χ1n) is 9.98. The van der Waals surface area contributed by atoms with Crippen molar-refractivity contribution in [1.82, 2.24) is 16.0 Å². The molecule has 11 N–H and O–H groups in total. The highest BCUT2D eigenvalue weighted by Crippen LogP contribution is 2.05. The Morgan fingerprint density at radius 3 is 1.76 bits per heavy atom. The molecule has 0 aliphatic rings. The molecule has 0 rings (SSSR count). The maximum Gasteiger partial charge on any atom is 0.326 e. The number of thioether (sulfide) groups is 1. The van der Waals surface area contributed by atoms with Gasteiger partial charge in [-0.2, -0.15) is 11.8 Å². The Kier molecular flexibility index (Phi) is 14.4. The average Bonchev–Trinajstić information content (AvgIpc) is 2.74. The Morgan fingerprint density at radius 2 is 1.27 bits per heavy atom. The first-order valence-corrected chi connectivity index (χ1v) is 11.4. The number of carbonyl (C=O) groups is 6. The molecule has 0 radical (unpaired) electrons. The fourth-order valence-corrected chi connectivity index (χ4v) is 2.97. The number of nitrogens with one attached hydrogen (secondary N) is 3. The molecule has 0 spiro atoms. The van der Waals surface area contributed by atoms with Gasteiger partial charge in [0.05, 0.1) is 12.6 Å². The predicted molar refractivity (Wildman–Crippen MR) is 118 cm³/mol. The van der Waals surface area contributed by atoms with Gasteiger partial charge in [0.25, 0.3) is 0 Å². The molecular weight excluding hydrogens is 460 g/mol. The minimum absolute atomic E-state index is 0.0679. The van der Waals surface area contributed by atoms with Gasteiger partial charge in [0.1, 0.15) is 18.1 Å². The molecule has 0 aliphatic carbocycles. The zero-order valence-electron chi connectivity index (χ0n) is 18.2. The van der Waals surface area contributed by atoms with E-state index in [0.717, 1.165) is 0 Å². The van der Waals surface area contributed by atoms with Crippen molar-refractivity contribution in [2.24, 2.45) is 17.2 Å². The lowest BCUT2D eigenvalue weighted by molar-refractivity contribution is -0.142. The fourth-order valence-electron chi connectivity index (χ4n) is 2.49. The van der Waals surface area contributed by atoms with Crippen molar-refractivity contribution in [1.29, 1.82) is 0 Å². The molecule has 0 saturated heterocycles. The third-order valence-electron chi connectivity index (χ3n) is 4.39. The summed E-state index contributed by atoms with van der Waals surface area (Å²) in [6.45, 7) is -0.812. The number of amides is 5. The minimum atomic E-state index is -1.45. The zero-order valence-corrected chi connectivity index (χ0v) is 19.1. The molecule has 0 aromatic rings. The standard InChI is InChI=1S/C18H32N6O8S/c1-33-7-6-10(16(29)23-11(18(31)32)3-5-14(21)27)22-17(30)12(8-25)24-15(28)9(19)2-4-13(20)26/h9-12,25H,2-8,19H2,1H3,(H2,20,26)(H2,21,27)(H,22,30)(H,23,29)(H,24,28)(H,31,32). The quantitative estimate of drug-likeness (QED) is 0.0979. The Labute approximate surface area is 194 Å². The van der Waals surface area contributed by atoms with Crippen LogP contribution in [-0.2, 0) is 28.8 Å². The lowest BCUT2D eigenvalue weighted by Crippen LogP contribution is -2.58. The van der Waals surface area contributed by atoms with Crippen LogP contribution in [0.4, 0.5) is 0 Å². The largest absolute Gasteiger partial charge is 0.480 e. The van der Waals surface area contributed by atoms with Gasteiger partial charge in [0.15, 0.2) is 0 Å². The van der Waals surface area contributed by atoms with E-state index in [1.165, 1.54) is 11.8 Å². The van der Waals surface area contributed by atoms with Crippen LogP contribution >= 0.6 is 11.8 Å². The molecule has 15 heteroatoms. The van der Waals surface area contributed by atoms with E-state index in [0.29, 0.717) is 5.75 Å². The van der Waals surface area contributed by atoms with Crippen LogP contribution in [0.25, 0.3) is 0 Å². The van der Waals surface area contributed by atoms with Crippen LogP contribution in [0.1, 0.15) is 32.1 Å². The van der Waals surface area contributed by atoms with Gasteiger partial charge in [-0.3, -0.25) is 24.0 Å². The zero-order chi connectivity index (χ0) is 25.6. The smallest absolute Gasteiger partial charge is 0.326 e. The van der Waals surface area contributed by atoms with Gasteiger partial charge in [-0.15, -0.1) is 0 Å². The fraction of sp³-hybridized carbons (Fsp3) is 0.667. The number of hydrogen-bond donors (Lipinski definition) is 8. The van der Waals surface area contributed by atoms with E-state index in [4.69, 9.17) is 17.2 Å². The maximum absolute atomic E-state index is 12.6. The van der Waals surface area contributed by atoms with Crippen molar-refractivity contribution in [2.45, 2.75) is 56.3 Å². The summed E-state index contributed by atoms with van der Waals surface area (Å²) >= 11 is 1.37. The third kappa shape index (κ3) is 12.6. The number of carboxylic acid groups (broad SMARTS) is 1. The summed E-state index contributed by atoms with van der Waals surface area (Å²) in [5.74, 6) is -4.90. The van der Waals surface area contributed by atoms with Crippen molar-refractivity contribution >= 4 is 47.3 Å². The first-order chi connectivity index (χ1) is 15.4. The Hall–Kier alpha value is -2.91. The van der Waals surface area contributed by atoms with Gasteiger partial charge < -0.3 is 43.4 Å². The lowest BCUT2D eigenvalue weighted by atomic mass is 10.1. The van der Waals surface area contributed by atoms with Gasteiger partial charge in [-0.25, -0.2) is 4.79 Å². The Bertz CT molecular complexity index is 722. The summed E-state index contributed by atoms with van der Waals surface area (Å²) in [7, 11) is 0. The molecule has 33 heavy (non-hydrogen) atoms. The molecule has 188 valence electrons. The van der Waals surface area contributed by atoms with Gasteiger partial charge in [-0.05, 0) is 31.3 Å². The normalized spacial score (nSPS) is 14.3. The van der Waals surface area contributed by atoms with Crippen molar-refractivity contribution in [3.8, 4) is 0 Å². The second-order valence-corrected chi connectivity index (χ2v) is 8.09. The number of primary amides is 2. The first kappa shape index (κ1) is 30.1. The van der Waals surface area contributed by atoms with Crippen molar-refractivity contribution < 1.29 is 39.0 Å². The molecule has 4 atom stereocenters. The van der Waals surface area contributed by atoms with Crippen LogP contribution in [0.3, 0.4) is 0 Å². The maximum atomic E-state index is 12.6. The average molecular weight is 493 g/mol. The van der Waals surface area contributed by atoms with Crippen LogP contribution in [-0.4, -0.2) is 88.5 Å². The van der Waals surface area contributed by atoms with E-state index >= 15 is 0 Å². The number of nitrogens with two attached hydrogens (primary N) is 3. The Morgan fingerprint density at radius 1 is 0.788 bits per heavy atom. The number of aliphatic carboxylic acids is 1. The molecule has 5 amide bonds. The number of hydrogen-bond acceptors (Lipinski definition) is 9. The monoisotopic (exact) mass is 492 g/mol. The number of carbonyl (C=O) groups excluding carboxylic acids is 5. The molecule has 14 nitrogen and oxygen atoms in total. The van der Waals surface area contributed by atoms with Crippen LogP contribution < -0.4 is 33.2 Å². The highest BCUT2D eigenvalue weighted by atomic mass is 32.2. The van der Waals surface area contributed by atoms with Crippen molar-refractivity contribution in [3.05, 3.63) is 0 Å². The highest BCUT2D eigenvalue weighted by molar-refractivity contribution is 7.98. The van der Waals surface area contributed by atoms with E-state index < -0.39 is 66.3 Å². The molecule has 0 bridgehead atoms. The summed E-state index contributed by atoms with van der Waals surface area (Å²) in [6, 6.07) is -5.20. The van der Waals surface area contributed by atoms with Crippen molar-refractivity contribution in [2.75, 3.05) is 18.6 Å². The summed E-state index contributed by atoms with van der Waals surface area (Å²) in [4.78, 5) is 70.3. The topological polar surface area (TPSA) is 257 Å². The molecule has 0 aromatic carbocycles. The molecule has 0 fully saturated rings. The third-order valence-corrected chi connectivity index (χ3v) is 5.04. The Balaban J connectivity index is 5.20. The number of aliphatic hydroxyl groups is 1. The number of aliphatic hydroxyl groups excluding tert-OH is 1. The van der Waals surface area contributed by atoms with Gasteiger partial charge >= 0.3 is 5.97 Å². The molecule has 0 aromatic heterocycles. The number of rotatable bonds is 17. The number of carboxylic acids is 1. The van der Waals surface area contributed by atoms with Crippen LogP contribution in [0.15, 0.2) is 0 Å². The molecule has 0 saturated carbocycles. The van der Waals surface area contributed by atoms with Gasteiger partial charge in [0.2, 0.25) is 29.5 Å². The second-order valence-electron chi connectivity index (χ2n) is 7.10. The predicted octanol–water partition coefficient (Wildman–Crippen LogP) is -3.87. The van der Waals surface area contributed by atoms with E-state index in [1.54, 1.807) is 6.26 Å². The van der Waals surface area contributed by atoms with E-state index in [-0.39, 0.29) is 32.1 Å². The molecule has 0 heterocycles. The van der Waals surface area contributed by atoms with E-state index in [9.17, 15) is 39.0 Å². The summed E-state index contributed by atoms with van der Waals surface area (Å²) in [6.07, 6.45) is 1.15. The molecule has 0 aliphatic heterocycles. The van der Waals surface area contributed by atoms with E-state index in [2.05, 4.69) is 16.0 Å². The van der Waals surface area contributed by atoms with Gasteiger partial charge in [0, 0.05) is 12.8 Å². The van der Waals surface area contributed by atoms with E-state index in [1.807, 2.05) is 0 Å². The molecular formula is C18H32N6O8S. The second kappa shape index (κ2) is 15.8. The van der Waals surface area contributed by atoms with Crippen LogP contribution in [0.2, 0.25) is 0 Å². The lowest BCUT2D eigenvalue weighted by Gasteiger charge is -2.24. The minimum Gasteiger partial charge on any atom is -0.480 e.